The molecule has 0 radical (unpaired) electrons. The fourth-order valence-electron chi connectivity index (χ4n) is 6.40. The van der Waals surface area contributed by atoms with Crippen LogP contribution in [-0.4, -0.2) is 41.7 Å². The van der Waals surface area contributed by atoms with Gasteiger partial charge in [0.1, 0.15) is 18.2 Å². The molecule has 2 aliphatic rings. The first-order valence-corrected chi connectivity index (χ1v) is 16.1. The number of aromatic nitrogens is 2. The van der Waals surface area contributed by atoms with Gasteiger partial charge in [0.05, 0.1) is 6.10 Å². The molecule has 1 unspecified atom stereocenters. The number of fused-ring (bicyclic) bond motifs is 2. The largest absolute Gasteiger partial charge is 0.487 e. The molecule has 10 heteroatoms. The number of H-pyrrole nitrogens is 1. The molecule has 1 fully saturated rings. The van der Waals surface area contributed by atoms with Crippen LogP contribution in [0.3, 0.4) is 0 Å². The molecule has 4 heterocycles. The average Bonchev–Trinajstić information content (AvgIpc) is 3.80. The first-order valence-electron chi connectivity index (χ1n) is 15.3. The topological polar surface area (TPSA) is 97.5 Å². The van der Waals surface area contributed by atoms with E-state index < -0.39 is 5.54 Å². The van der Waals surface area contributed by atoms with Crippen LogP contribution in [0.25, 0.3) is 22.0 Å². The lowest BCUT2D eigenvalue weighted by Gasteiger charge is -2.37. The number of nitrogens with zero attached hydrogens (tertiary/aromatic N) is 1. The lowest BCUT2D eigenvalue weighted by molar-refractivity contribution is -0.117. The van der Waals surface area contributed by atoms with Crippen molar-refractivity contribution in [2.24, 2.45) is 0 Å². The molecule has 1 saturated heterocycles. The number of rotatable bonds is 9. The van der Waals surface area contributed by atoms with Crippen molar-refractivity contribution in [3.05, 3.63) is 88.8 Å². The molecule has 3 aromatic carbocycles. The number of hydrogen-bond acceptors (Lipinski definition) is 7. The summed E-state index contributed by atoms with van der Waals surface area (Å²) in [5.41, 5.74) is 4.73. The Morgan fingerprint density at radius 2 is 2.11 bits per heavy atom. The van der Waals surface area contributed by atoms with Gasteiger partial charge < -0.3 is 29.8 Å². The molecule has 0 bridgehead atoms. The van der Waals surface area contributed by atoms with Crippen LogP contribution in [0.15, 0.2) is 66.3 Å². The Balaban J connectivity index is 1.20. The summed E-state index contributed by atoms with van der Waals surface area (Å²) in [6, 6.07) is 14.8. The van der Waals surface area contributed by atoms with Gasteiger partial charge in [0, 0.05) is 71.0 Å². The van der Waals surface area contributed by atoms with E-state index in [0.29, 0.717) is 41.1 Å². The van der Waals surface area contributed by atoms with Gasteiger partial charge in [-0.3, -0.25) is 4.79 Å². The first kappa shape index (κ1) is 29.5. The molecule has 3 N–H and O–H groups in total. The number of amides is 1. The van der Waals surface area contributed by atoms with Crippen LogP contribution in [0.5, 0.6) is 17.2 Å². The van der Waals surface area contributed by atoms with Crippen molar-refractivity contribution in [1.82, 2.24) is 15.3 Å². The number of para-hydroxylation sites is 1. The lowest BCUT2D eigenvalue weighted by Crippen LogP contribution is -2.47. The van der Waals surface area contributed by atoms with Gasteiger partial charge >= 0.3 is 0 Å². The van der Waals surface area contributed by atoms with Gasteiger partial charge in [-0.25, -0.2) is 9.37 Å². The molecule has 1 amide bonds. The highest BCUT2D eigenvalue weighted by Crippen LogP contribution is 2.42. The summed E-state index contributed by atoms with van der Waals surface area (Å²) in [6.45, 7) is 5.88. The molecule has 5 aromatic rings. The highest BCUT2D eigenvalue weighted by molar-refractivity contribution is 7.13. The zero-order chi connectivity index (χ0) is 31.0. The molecular formula is C35H35FN4O4S. The van der Waals surface area contributed by atoms with E-state index in [0.717, 1.165) is 59.0 Å². The Kier molecular flexibility index (Phi) is 8.03. The average molecular weight is 627 g/mol. The quantitative estimate of drug-likeness (QED) is 0.157. The van der Waals surface area contributed by atoms with E-state index in [4.69, 9.17) is 14.2 Å². The predicted molar refractivity (Wildman–Crippen MR) is 174 cm³/mol. The first-order chi connectivity index (χ1) is 21.9. The van der Waals surface area contributed by atoms with Crippen LogP contribution in [0, 0.1) is 12.7 Å². The van der Waals surface area contributed by atoms with E-state index in [1.165, 1.54) is 17.4 Å². The number of nitrogens with one attached hydrogen (secondary N) is 3. The monoisotopic (exact) mass is 626 g/mol. The van der Waals surface area contributed by atoms with Crippen molar-refractivity contribution in [3.63, 3.8) is 0 Å². The van der Waals surface area contributed by atoms with Crippen molar-refractivity contribution in [2.45, 2.75) is 51.2 Å². The minimum Gasteiger partial charge on any atom is -0.487 e. The molecule has 2 aromatic heterocycles. The number of ether oxygens (including phenoxy) is 3. The fourth-order valence-corrected chi connectivity index (χ4v) is 6.95. The molecule has 7 rings (SSSR count). The maximum atomic E-state index is 15.7. The van der Waals surface area contributed by atoms with E-state index in [1.807, 2.05) is 55.8 Å². The van der Waals surface area contributed by atoms with Crippen LogP contribution >= 0.6 is 11.3 Å². The molecule has 0 spiro atoms. The van der Waals surface area contributed by atoms with Gasteiger partial charge in [0.15, 0.2) is 16.6 Å². The Morgan fingerprint density at radius 1 is 1.20 bits per heavy atom. The summed E-state index contributed by atoms with van der Waals surface area (Å²) in [5, 5.41) is 9.79. The van der Waals surface area contributed by atoms with Crippen LogP contribution in [-0.2, 0) is 21.5 Å². The number of aryl methyl sites for hydroxylation is 1. The van der Waals surface area contributed by atoms with E-state index in [1.54, 1.807) is 18.3 Å². The number of benzene rings is 3. The number of carbonyl (C=O) groups excluding carboxylic acids is 1. The third-order valence-corrected chi connectivity index (χ3v) is 9.39. The smallest absolute Gasteiger partial charge is 0.228 e. The van der Waals surface area contributed by atoms with E-state index in [-0.39, 0.29) is 24.2 Å². The van der Waals surface area contributed by atoms with Crippen molar-refractivity contribution in [1.29, 1.82) is 0 Å². The van der Waals surface area contributed by atoms with E-state index in [2.05, 4.69) is 20.6 Å². The van der Waals surface area contributed by atoms with Crippen LogP contribution in [0.1, 0.15) is 42.9 Å². The summed E-state index contributed by atoms with van der Waals surface area (Å²) >= 11 is 1.38. The van der Waals surface area contributed by atoms with E-state index >= 15 is 4.39 Å². The lowest BCUT2D eigenvalue weighted by atomic mass is 9.81. The number of aromatic amines is 1. The Morgan fingerprint density at radius 3 is 2.91 bits per heavy atom. The zero-order valence-corrected chi connectivity index (χ0v) is 26.1. The fraction of sp³-hybridized carbons (Fsp3) is 0.314. The number of hydrogen-bond donors (Lipinski definition) is 3. The maximum absolute atomic E-state index is 15.7. The number of carbonyl (C=O) groups is 1. The third-order valence-electron chi connectivity index (χ3n) is 8.70. The molecule has 8 nitrogen and oxygen atoms in total. The standard InChI is InChI=1S/C35H35FN4O4S/c1-21-5-3-7-26-27(19-38-33(21)26)25-9-8-23(16-29(25)36)44-31-17-28-22(15-30(31)43-20-24-6-4-13-42-24)10-11-39-35(28,2)18-32(41)40-34-37-12-14-45-34/h3,5,7-9,12,14-17,19,24,38-39H,4,6,10-11,13,18,20H2,1-2H3,(H,37,40,41)/t24?,35-/m1/s1. The summed E-state index contributed by atoms with van der Waals surface area (Å²) in [4.78, 5) is 20.5. The van der Waals surface area contributed by atoms with Gasteiger partial charge in [-0.2, -0.15) is 0 Å². The highest BCUT2D eigenvalue weighted by atomic mass is 32.1. The molecule has 45 heavy (non-hydrogen) atoms. The van der Waals surface area contributed by atoms with Crippen molar-refractivity contribution >= 4 is 33.3 Å². The molecule has 2 atom stereocenters. The Bertz CT molecular complexity index is 1850. The minimum absolute atomic E-state index is 0.0203. The summed E-state index contributed by atoms with van der Waals surface area (Å²) < 4.78 is 34.2. The van der Waals surface area contributed by atoms with Crippen molar-refractivity contribution in [3.8, 4) is 28.4 Å². The van der Waals surface area contributed by atoms with Crippen LogP contribution in [0.2, 0.25) is 0 Å². The van der Waals surface area contributed by atoms with E-state index in [9.17, 15) is 4.79 Å². The van der Waals surface area contributed by atoms with Gasteiger partial charge in [0.2, 0.25) is 5.91 Å². The maximum Gasteiger partial charge on any atom is 0.228 e. The van der Waals surface area contributed by atoms with Gasteiger partial charge in [-0.15, -0.1) is 11.3 Å². The van der Waals surface area contributed by atoms with Crippen LogP contribution < -0.4 is 20.1 Å². The Hall–Kier alpha value is -4.25. The van der Waals surface area contributed by atoms with Gasteiger partial charge in [-0.05, 0) is 74.1 Å². The predicted octanol–water partition coefficient (Wildman–Crippen LogP) is 7.48. The second-order valence-corrected chi connectivity index (χ2v) is 12.8. The van der Waals surface area contributed by atoms with Crippen molar-refractivity contribution < 1.29 is 23.4 Å². The summed E-state index contributed by atoms with van der Waals surface area (Å²) in [5.74, 6) is 0.842. The second-order valence-electron chi connectivity index (χ2n) is 11.9. The third kappa shape index (κ3) is 6.05. The highest BCUT2D eigenvalue weighted by Gasteiger charge is 2.36. The molecular weight excluding hydrogens is 591 g/mol. The second kappa shape index (κ2) is 12.3. The number of anilines is 1. The Labute approximate surface area is 264 Å². The SMILES string of the molecule is Cc1cccc2c(-c3ccc(Oc4cc5c(cc4OCC4CCCO4)CCN[C@]5(C)CC(=O)Nc4nccs4)cc3F)c[nH]c12. The molecule has 2 aliphatic heterocycles. The molecule has 232 valence electrons. The number of halogens is 1. The molecule has 0 saturated carbocycles. The minimum atomic E-state index is -0.664. The van der Waals surface area contributed by atoms with Gasteiger partial charge in [-0.1, -0.05) is 18.2 Å². The van der Waals surface area contributed by atoms with Crippen LogP contribution in [0.4, 0.5) is 9.52 Å². The zero-order valence-electron chi connectivity index (χ0n) is 25.2. The summed E-state index contributed by atoms with van der Waals surface area (Å²) in [7, 11) is 0. The van der Waals surface area contributed by atoms with Crippen molar-refractivity contribution in [2.75, 3.05) is 25.1 Å². The van der Waals surface area contributed by atoms with Gasteiger partial charge in [0.25, 0.3) is 0 Å². The number of thiazole rings is 1. The molecule has 0 aliphatic carbocycles. The normalized spacial score (nSPS) is 19.4. The summed E-state index contributed by atoms with van der Waals surface area (Å²) in [6.07, 6.45) is 6.44.